The van der Waals surface area contributed by atoms with E-state index in [0.717, 1.165) is 6.42 Å². The number of amides is 2. The summed E-state index contributed by atoms with van der Waals surface area (Å²) in [4.78, 5) is 29.8. The monoisotopic (exact) mass is 345 g/mol. The lowest BCUT2D eigenvalue weighted by atomic mass is 10.2. The van der Waals surface area contributed by atoms with Crippen molar-refractivity contribution in [1.82, 2.24) is 9.88 Å². The molecule has 2 fully saturated rings. The Labute approximate surface area is 136 Å². The molecule has 2 aliphatic heterocycles. The van der Waals surface area contributed by atoms with Crippen molar-refractivity contribution in [3.05, 3.63) is 22.4 Å². The molecule has 2 saturated heterocycles. The van der Waals surface area contributed by atoms with E-state index in [2.05, 4.69) is 10.3 Å². The van der Waals surface area contributed by atoms with Gasteiger partial charge in [0.1, 0.15) is 6.04 Å². The van der Waals surface area contributed by atoms with E-state index in [0.29, 0.717) is 17.9 Å². The fourth-order valence-corrected chi connectivity index (χ4v) is 4.47. The summed E-state index contributed by atoms with van der Waals surface area (Å²) in [5.74, 6) is 0.352. The number of hydrogen-bond donors (Lipinski definition) is 1. The molecule has 2 amide bonds. The van der Waals surface area contributed by atoms with Gasteiger partial charge in [-0.05, 0) is 13.3 Å². The van der Waals surface area contributed by atoms with Crippen molar-refractivity contribution in [2.75, 3.05) is 11.1 Å². The molecule has 21 heavy (non-hydrogen) atoms. The van der Waals surface area contributed by atoms with Gasteiger partial charge >= 0.3 is 0 Å². The number of carbonyl (C=O) groups is 2. The van der Waals surface area contributed by atoms with Gasteiger partial charge < -0.3 is 10.2 Å². The van der Waals surface area contributed by atoms with Crippen LogP contribution >= 0.6 is 35.0 Å². The molecule has 8 heteroatoms. The zero-order valence-corrected chi connectivity index (χ0v) is 13.6. The molecule has 0 spiro atoms. The average Bonchev–Trinajstić information content (AvgIpc) is 2.92. The lowest BCUT2D eigenvalue weighted by Gasteiger charge is -2.29. The quantitative estimate of drug-likeness (QED) is 0.895. The fraction of sp³-hybridized carbons (Fsp3) is 0.462. The lowest BCUT2D eigenvalue weighted by molar-refractivity contribution is -0.135. The highest BCUT2D eigenvalue weighted by Gasteiger charge is 2.52. The third-order valence-corrected chi connectivity index (χ3v) is 6.14. The molecule has 1 N–H and O–H groups in total. The van der Waals surface area contributed by atoms with Gasteiger partial charge in [0.2, 0.25) is 11.8 Å². The van der Waals surface area contributed by atoms with E-state index >= 15 is 0 Å². The third-order valence-electron chi connectivity index (χ3n) is 3.84. The van der Waals surface area contributed by atoms with Crippen molar-refractivity contribution in [1.29, 1.82) is 0 Å². The van der Waals surface area contributed by atoms with Crippen LogP contribution in [-0.2, 0) is 9.59 Å². The summed E-state index contributed by atoms with van der Waals surface area (Å²) in [5, 5.41) is 3.24. The predicted octanol–water partition coefficient (Wildman–Crippen LogP) is 2.78. The minimum atomic E-state index is -0.481. The molecule has 0 aliphatic carbocycles. The predicted molar refractivity (Wildman–Crippen MR) is 83.6 cm³/mol. The van der Waals surface area contributed by atoms with Gasteiger partial charge in [-0.1, -0.05) is 23.2 Å². The molecule has 0 unspecified atom stereocenters. The van der Waals surface area contributed by atoms with E-state index < -0.39 is 6.04 Å². The number of carbonyl (C=O) groups excluding carboxylic acids is 2. The second-order valence-electron chi connectivity index (χ2n) is 5.24. The minimum absolute atomic E-state index is 0.0259. The smallest absolute Gasteiger partial charge is 0.248 e. The second-order valence-corrected chi connectivity index (χ2v) is 7.52. The van der Waals surface area contributed by atoms with Crippen molar-refractivity contribution < 1.29 is 9.59 Å². The molecule has 0 saturated carbocycles. The molecule has 0 aromatic carbocycles. The highest BCUT2D eigenvalue weighted by atomic mass is 35.5. The van der Waals surface area contributed by atoms with Gasteiger partial charge in [0.05, 0.1) is 26.8 Å². The van der Waals surface area contributed by atoms with Crippen LogP contribution in [0.5, 0.6) is 0 Å². The van der Waals surface area contributed by atoms with E-state index in [1.807, 2.05) is 6.92 Å². The van der Waals surface area contributed by atoms with Gasteiger partial charge in [0.25, 0.3) is 0 Å². The standard InChI is InChI=1S/C13H13Cl2N3O2S/c1-13-3-2-10(19)18(13)9(6-21-13)12(20)17-8-5-16-4-7(14)11(8)15/h4-5,9H,2-3,6H2,1H3,(H,17,20)/t9-,13+/m0/s1. The second kappa shape index (κ2) is 5.34. The van der Waals surface area contributed by atoms with Crippen LogP contribution in [-0.4, -0.2) is 38.4 Å². The van der Waals surface area contributed by atoms with Crippen molar-refractivity contribution in [3.63, 3.8) is 0 Å². The van der Waals surface area contributed by atoms with Gasteiger partial charge in [0.15, 0.2) is 0 Å². The number of pyridine rings is 1. The first-order valence-corrected chi connectivity index (χ1v) is 8.22. The zero-order chi connectivity index (χ0) is 15.2. The summed E-state index contributed by atoms with van der Waals surface area (Å²) in [5.41, 5.74) is 0.361. The van der Waals surface area contributed by atoms with Gasteiger partial charge in [-0.3, -0.25) is 14.6 Å². The first kappa shape index (κ1) is 14.9. The molecule has 3 heterocycles. The van der Waals surface area contributed by atoms with Crippen LogP contribution in [0.15, 0.2) is 12.4 Å². The Kier molecular flexibility index (Phi) is 3.80. The van der Waals surface area contributed by atoms with Crippen LogP contribution in [0.25, 0.3) is 0 Å². The van der Waals surface area contributed by atoms with E-state index in [4.69, 9.17) is 23.2 Å². The Morgan fingerprint density at radius 2 is 2.29 bits per heavy atom. The zero-order valence-electron chi connectivity index (χ0n) is 11.2. The van der Waals surface area contributed by atoms with Crippen molar-refractivity contribution in [2.45, 2.75) is 30.7 Å². The largest absolute Gasteiger partial charge is 0.322 e. The summed E-state index contributed by atoms with van der Waals surface area (Å²) in [6, 6.07) is -0.481. The van der Waals surface area contributed by atoms with E-state index in [1.165, 1.54) is 12.4 Å². The molecule has 2 atom stereocenters. The molecule has 0 radical (unpaired) electrons. The maximum atomic E-state index is 12.5. The minimum Gasteiger partial charge on any atom is -0.322 e. The average molecular weight is 346 g/mol. The number of anilines is 1. The van der Waals surface area contributed by atoms with Crippen molar-refractivity contribution in [2.24, 2.45) is 0 Å². The highest BCUT2D eigenvalue weighted by Crippen LogP contribution is 2.47. The maximum Gasteiger partial charge on any atom is 0.248 e. The normalized spacial score (nSPS) is 27.9. The molecule has 2 aliphatic rings. The Bertz CT molecular complexity index is 627. The number of thioether (sulfide) groups is 1. The molecular formula is C13H13Cl2N3O2S. The Morgan fingerprint density at radius 1 is 1.52 bits per heavy atom. The SMILES string of the molecule is C[C@@]12CCC(=O)N1[C@H](C(=O)Nc1cncc(Cl)c1Cl)CS2. The number of fused-ring (bicyclic) bond motifs is 1. The van der Waals surface area contributed by atoms with E-state index in [1.54, 1.807) is 16.7 Å². The Morgan fingerprint density at radius 3 is 3.05 bits per heavy atom. The number of halogens is 2. The molecule has 1 aromatic heterocycles. The summed E-state index contributed by atoms with van der Waals surface area (Å²) >= 11 is 13.6. The van der Waals surface area contributed by atoms with Crippen LogP contribution in [0.4, 0.5) is 5.69 Å². The van der Waals surface area contributed by atoms with Crippen molar-refractivity contribution >= 4 is 52.5 Å². The molecule has 5 nitrogen and oxygen atoms in total. The molecular weight excluding hydrogens is 333 g/mol. The van der Waals surface area contributed by atoms with E-state index in [9.17, 15) is 9.59 Å². The molecule has 112 valence electrons. The van der Waals surface area contributed by atoms with Gasteiger partial charge in [-0.2, -0.15) is 0 Å². The summed E-state index contributed by atoms with van der Waals surface area (Å²) in [6.45, 7) is 2.00. The molecule has 1 aromatic rings. The van der Waals surface area contributed by atoms with Crippen LogP contribution in [0, 0.1) is 0 Å². The molecule has 3 rings (SSSR count). The number of aromatic nitrogens is 1. The number of nitrogens with one attached hydrogen (secondary N) is 1. The van der Waals surface area contributed by atoms with Gasteiger partial charge in [-0.15, -0.1) is 11.8 Å². The number of nitrogens with zero attached hydrogens (tertiary/aromatic N) is 2. The highest BCUT2D eigenvalue weighted by molar-refractivity contribution is 8.01. The van der Waals surface area contributed by atoms with Crippen LogP contribution < -0.4 is 5.32 Å². The summed E-state index contributed by atoms with van der Waals surface area (Å²) in [7, 11) is 0. The van der Waals surface area contributed by atoms with E-state index in [-0.39, 0.29) is 26.7 Å². The summed E-state index contributed by atoms with van der Waals surface area (Å²) in [6.07, 6.45) is 4.12. The topological polar surface area (TPSA) is 62.3 Å². The number of hydrogen-bond acceptors (Lipinski definition) is 4. The van der Waals surface area contributed by atoms with Crippen molar-refractivity contribution in [3.8, 4) is 0 Å². The van der Waals surface area contributed by atoms with Gasteiger partial charge in [0, 0.05) is 18.4 Å². The number of rotatable bonds is 2. The van der Waals surface area contributed by atoms with Crippen LogP contribution in [0.3, 0.4) is 0 Å². The van der Waals surface area contributed by atoms with Crippen LogP contribution in [0.1, 0.15) is 19.8 Å². The molecule has 0 bridgehead atoms. The Balaban J connectivity index is 1.80. The first-order chi connectivity index (χ1) is 9.92. The fourth-order valence-electron chi connectivity index (χ4n) is 2.74. The Hall–Kier alpha value is -0.980. The third kappa shape index (κ3) is 2.49. The maximum absolute atomic E-state index is 12.5. The lowest BCUT2D eigenvalue weighted by Crippen LogP contribution is -2.48. The van der Waals surface area contributed by atoms with Crippen LogP contribution in [0.2, 0.25) is 10.0 Å². The van der Waals surface area contributed by atoms with Gasteiger partial charge in [-0.25, -0.2) is 0 Å². The first-order valence-electron chi connectivity index (χ1n) is 6.48. The summed E-state index contributed by atoms with van der Waals surface area (Å²) < 4.78 is 0.